The molecular formula is C7H2BrClFNO2S. The van der Waals surface area contributed by atoms with Crippen molar-refractivity contribution in [3.8, 4) is 6.07 Å². The van der Waals surface area contributed by atoms with Crippen LogP contribution >= 0.6 is 26.6 Å². The highest BCUT2D eigenvalue weighted by molar-refractivity contribution is 9.10. The van der Waals surface area contributed by atoms with Crippen molar-refractivity contribution in [3.05, 3.63) is 28.0 Å². The number of hydrogen-bond donors (Lipinski definition) is 0. The van der Waals surface area contributed by atoms with Crippen LogP contribution in [0.15, 0.2) is 21.5 Å². The standard InChI is InChI=1S/C7H2BrClFNO2S/c8-6-4(3-11)1-2-5(7(6)10)14(9,12)13/h1-2H. The van der Waals surface area contributed by atoms with Gasteiger partial charge in [-0.3, -0.25) is 0 Å². The smallest absolute Gasteiger partial charge is 0.207 e. The fourth-order valence-electron chi connectivity index (χ4n) is 0.806. The lowest BCUT2D eigenvalue weighted by molar-refractivity contribution is 0.571. The van der Waals surface area contributed by atoms with Crippen LogP contribution in [0, 0.1) is 17.1 Å². The summed E-state index contributed by atoms with van der Waals surface area (Å²) in [4.78, 5) is -0.648. The topological polar surface area (TPSA) is 57.9 Å². The second-order valence-corrected chi connectivity index (χ2v) is 5.62. The summed E-state index contributed by atoms with van der Waals surface area (Å²) in [5.41, 5.74) is 0.00608. The third kappa shape index (κ3) is 2.05. The van der Waals surface area contributed by atoms with Gasteiger partial charge in [0.2, 0.25) is 0 Å². The minimum Gasteiger partial charge on any atom is -0.207 e. The Morgan fingerprint density at radius 1 is 1.50 bits per heavy atom. The number of hydrogen-bond acceptors (Lipinski definition) is 3. The predicted molar refractivity (Wildman–Crippen MR) is 51.9 cm³/mol. The molecular weight excluding hydrogens is 297 g/mol. The summed E-state index contributed by atoms with van der Waals surface area (Å²) in [6.45, 7) is 0. The van der Waals surface area contributed by atoms with Gasteiger partial charge in [-0.2, -0.15) is 5.26 Å². The largest absolute Gasteiger partial charge is 0.264 e. The average molecular weight is 299 g/mol. The Morgan fingerprint density at radius 3 is 2.50 bits per heavy atom. The van der Waals surface area contributed by atoms with Crippen LogP contribution in [0.1, 0.15) is 5.56 Å². The van der Waals surface area contributed by atoms with E-state index in [0.29, 0.717) is 0 Å². The first-order valence-electron chi connectivity index (χ1n) is 3.20. The van der Waals surface area contributed by atoms with Crippen LogP contribution in [0.5, 0.6) is 0 Å². The zero-order valence-electron chi connectivity index (χ0n) is 6.46. The molecule has 0 fully saturated rings. The van der Waals surface area contributed by atoms with E-state index in [1.807, 2.05) is 0 Å². The molecule has 7 heteroatoms. The molecule has 0 aliphatic heterocycles. The molecule has 0 amide bonds. The minimum atomic E-state index is -4.12. The first-order valence-corrected chi connectivity index (χ1v) is 6.31. The fourth-order valence-corrected chi connectivity index (χ4v) is 2.28. The van der Waals surface area contributed by atoms with Gasteiger partial charge in [-0.05, 0) is 28.1 Å². The second-order valence-electron chi connectivity index (χ2n) is 2.29. The van der Waals surface area contributed by atoms with Crippen LogP contribution in [-0.4, -0.2) is 8.42 Å². The van der Waals surface area contributed by atoms with E-state index in [1.54, 1.807) is 6.07 Å². The Hall–Kier alpha value is -0.640. The summed E-state index contributed by atoms with van der Waals surface area (Å²) in [6.07, 6.45) is 0. The number of halogens is 3. The van der Waals surface area contributed by atoms with Gasteiger partial charge in [0.05, 0.1) is 10.0 Å². The van der Waals surface area contributed by atoms with E-state index in [1.165, 1.54) is 6.07 Å². The molecule has 0 bridgehead atoms. The quantitative estimate of drug-likeness (QED) is 0.748. The van der Waals surface area contributed by atoms with Crippen LogP contribution in [0.4, 0.5) is 4.39 Å². The number of nitriles is 1. The lowest BCUT2D eigenvalue weighted by atomic mass is 10.2. The maximum atomic E-state index is 13.3. The van der Waals surface area contributed by atoms with E-state index in [9.17, 15) is 12.8 Å². The highest BCUT2D eigenvalue weighted by Crippen LogP contribution is 2.27. The van der Waals surface area contributed by atoms with E-state index in [4.69, 9.17) is 15.9 Å². The van der Waals surface area contributed by atoms with Gasteiger partial charge in [0.25, 0.3) is 9.05 Å². The number of rotatable bonds is 1. The van der Waals surface area contributed by atoms with Gasteiger partial charge in [-0.25, -0.2) is 12.8 Å². The summed E-state index contributed by atoms with van der Waals surface area (Å²) in [5, 5.41) is 8.51. The Bertz CT molecular complexity index is 523. The van der Waals surface area contributed by atoms with Crippen LogP contribution < -0.4 is 0 Å². The molecule has 1 aromatic rings. The van der Waals surface area contributed by atoms with Crippen LogP contribution in [0.3, 0.4) is 0 Å². The van der Waals surface area contributed by atoms with E-state index in [2.05, 4.69) is 15.9 Å². The molecule has 74 valence electrons. The Labute approximate surface area is 92.7 Å². The zero-order chi connectivity index (χ0) is 10.9. The first kappa shape index (κ1) is 11.4. The molecule has 14 heavy (non-hydrogen) atoms. The fraction of sp³-hybridized carbons (Fsp3) is 0. The normalized spacial score (nSPS) is 11.0. The van der Waals surface area contributed by atoms with E-state index < -0.39 is 19.8 Å². The molecule has 0 heterocycles. The van der Waals surface area contributed by atoms with Crippen LogP contribution in [0.25, 0.3) is 0 Å². The van der Waals surface area contributed by atoms with E-state index in [-0.39, 0.29) is 10.0 Å². The Morgan fingerprint density at radius 2 is 2.07 bits per heavy atom. The summed E-state index contributed by atoms with van der Waals surface area (Å²) in [7, 11) is 0.837. The highest BCUT2D eigenvalue weighted by Gasteiger charge is 2.20. The molecule has 3 nitrogen and oxygen atoms in total. The van der Waals surface area contributed by atoms with Crippen molar-refractivity contribution in [2.24, 2.45) is 0 Å². The number of benzene rings is 1. The van der Waals surface area contributed by atoms with Crippen molar-refractivity contribution < 1.29 is 12.8 Å². The lowest BCUT2D eigenvalue weighted by Gasteiger charge is -2.01. The summed E-state index contributed by atoms with van der Waals surface area (Å²) in [6, 6.07) is 3.80. The molecule has 0 atom stereocenters. The third-order valence-electron chi connectivity index (χ3n) is 1.43. The van der Waals surface area contributed by atoms with Gasteiger partial charge < -0.3 is 0 Å². The van der Waals surface area contributed by atoms with Crippen LogP contribution in [0.2, 0.25) is 0 Å². The molecule has 0 spiro atoms. The molecule has 0 aliphatic rings. The van der Waals surface area contributed by atoms with Gasteiger partial charge in [0.1, 0.15) is 11.0 Å². The molecule has 0 saturated carbocycles. The molecule has 0 aliphatic carbocycles. The summed E-state index contributed by atoms with van der Waals surface area (Å²) >= 11 is 2.76. The van der Waals surface area contributed by atoms with Gasteiger partial charge in [0, 0.05) is 10.7 Å². The van der Waals surface area contributed by atoms with E-state index >= 15 is 0 Å². The predicted octanol–water partition coefficient (Wildman–Crippen LogP) is 2.39. The van der Waals surface area contributed by atoms with E-state index in [0.717, 1.165) is 6.07 Å². The minimum absolute atomic E-state index is 0.00608. The third-order valence-corrected chi connectivity index (χ3v) is 3.54. The van der Waals surface area contributed by atoms with Crippen molar-refractivity contribution in [2.75, 3.05) is 0 Å². The zero-order valence-corrected chi connectivity index (χ0v) is 9.62. The van der Waals surface area contributed by atoms with Crippen molar-refractivity contribution in [2.45, 2.75) is 4.90 Å². The van der Waals surface area contributed by atoms with Gasteiger partial charge >= 0.3 is 0 Å². The highest BCUT2D eigenvalue weighted by atomic mass is 79.9. The second kappa shape index (κ2) is 3.85. The maximum Gasteiger partial charge on any atom is 0.264 e. The van der Waals surface area contributed by atoms with Gasteiger partial charge in [-0.1, -0.05) is 0 Å². The molecule has 0 aromatic heterocycles. The van der Waals surface area contributed by atoms with Crippen molar-refractivity contribution in [3.63, 3.8) is 0 Å². The summed E-state index contributed by atoms with van der Waals surface area (Å²) < 4.78 is 34.7. The Kier molecular flexibility index (Phi) is 3.14. The SMILES string of the molecule is N#Cc1ccc(S(=O)(=O)Cl)c(F)c1Br. The molecule has 0 N–H and O–H groups in total. The van der Waals surface area contributed by atoms with Crippen molar-refractivity contribution >= 4 is 35.7 Å². The molecule has 0 saturated heterocycles. The summed E-state index contributed by atoms with van der Waals surface area (Å²) in [5.74, 6) is -1.06. The van der Waals surface area contributed by atoms with Gasteiger partial charge in [0.15, 0.2) is 5.82 Å². The number of nitrogens with zero attached hydrogens (tertiary/aromatic N) is 1. The Balaban J connectivity index is 3.57. The molecule has 0 radical (unpaired) electrons. The van der Waals surface area contributed by atoms with Crippen molar-refractivity contribution in [1.29, 1.82) is 5.26 Å². The monoisotopic (exact) mass is 297 g/mol. The first-order chi connectivity index (χ1) is 6.38. The lowest BCUT2D eigenvalue weighted by Crippen LogP contribution is -1.97. The average Bonchev–Trinajstić information content (AvgIpc) is 2.07. The van der Waals surface area contributed by atoms with Crippen LogP contribution in [-0.2, 0) is 9.05 Å². The van der Waals surface area contributed by atoms with Crippen molar-refractivity contribution in [1.82, 2.24) is 0 Å². The molecule has 1 aromatic carbocycles. The molecule has 1 rings (SSSR count). The van der Waals surface area contributed by atoms with Gasteiger partial charge in [-0.15, -0.1) is 0 Å². The maximum absolute atomic E-state index is 13.3. The molecule has 0 unspecified atom stereocenters.